The summed E-state index contributed by atoms with van der Waals surface area (Å²) in [6.45, 7) is 19.1. The summed E-state index contributed by atoms with van der Waals surface area (Å²) < 4.78 is 67.1. The molecule has 3 aliphatic heterocycles. The standard InChI is InChI=1S/C31H40FN5O5S2.C8H18/c1-34-15-17-36(18-16-34)23-7-11-35(12-8-23)22-9-13-37(14-10-22)31-26-19-24(43(2,39)40)3-5-28(26)33-21-30(31)44(41,42)25-4-6-29(38)27(32)20-25;1-7(2)6-8(3,4)5/h3-6,19-23,38H,7-18H2,1-2H3;7H,6H2,1-5H3. The van der Waals surface area contributed by atoms with Gasteiger partial charge in [0.1, 0.15) is 4.90 Å². The molecule has 0 unspecified atom stereocenters. The SMILES string of the molecule is CC(C)CC(C)(C)C.CN1CCN(C2CCN(C3CCN(c4c(S(=O)(=O)c5ccc(O)c(F)c5)cnc5ccc(S(C)(=O)=O)cc45)CC3)CC2)CC1. The number of aromatic hydroxyl groups is 1. The highest BCUT2D eigenvalue weighted by molar-refractivity contribution is 7.91. The number of fused-ring (bicyclic) bond motifs is 1. The van der Waals surface area contributed by atoms with Gasteiger partial charge in [0.2, 0.25) is 9.84 Å². The zero-order chi connectivity index (χ0) is 38.0. The average Bonchev–Trinajstić information content (AvgIpc) is 3.08. The maximum Gasteiger partial charge on any atom is 0.210 e. The second-order valence-corrected chi connectivity index (χ2v) is 20.5. The van der Waals surface area contributed by atoms with E-state index in [1.807, 2.05) is 4.90 Å². The number of nitrogens with zero attached hydrogens (tertiary/aromatic N) is 5. The predicted octanol–water partition coefficient (Wildman–Crippen LogP) is 6.08. The minimum absolute atomic E-state index is 0.0661. The van der Waals surface area contributed by atoms with Crippen molar-refractivity contribution in [3.63, 3.8) is 0 Å². The lowest BCUT2D eigenvalue weighted by Crippen LogP contribution is -2.54. The van der Waals surface area contributed by atoms with Crippen molar-refractivity contribution in [1.29, 1.82) is 0 Å². The molecule has 3 saturated heterocycles. The number of hydrogen-bond donors (Lipinski definition) is 1. The fourth-order valence-electron chi connectivity index (χ4n) is 8.16. The number of hydrogen-bond acceptors (Lipinski definition) is 10. The first kappa shape index (κ1) is 40.3. The fraction of sp³-hybridized carbons (Fsp3) is 0.615. The summed E-state index contributed by atoms with van der Waals surface area (Å²) in [4.78, 5) is 13.6. The van der Waals surface area contributed by atoms with Crippen LogP contribution < -0.4 is 4.90 Å². The molecule has 13 heteroatoms. The third-order valence-corrected chi connectivity index (χ3v) is 13.5. The number of sulfone groups is 2. The summed E-state index contributed by atoms with van der Waals surface area (Å²) >= 11 is 0. The van der Waals surface area contributed by atoms with Gasteiger partial charge in [-0.3, -0.25) is 9.88 Å². The molecule has 1 aromatic heterocycles. The zero-order valence-corrected chi connectivity index (χ0v) is 33.6. The molecule has 288 valence electrons. The summed E-state index contributed by atoms with van der Waals surface area (Å²) in [5.41, 5.74) is 1.37. The second kappa shape index (κ2) is 16.3. The van der Waals surface area contributed by atoms with E-state index in [-0.39, 0.29) is 14.7 Å². The molecule has 0 saturated carbocycles. The molecule has 0 bridgehead atoms. The Kier molecular flexibility index (Phi) is 12.6. The molecule has 0 atom stereocenters. The number of phenolic OH excluding ortho intramolecular Hbond substituents is 1. The molecule has 0 radical (unpaired) electrons. The number of phenols is 1. The van der Waals surface area contributed by atoms with Gasteiger partial charge in [-0.05, 0) is 100.0 Å². The molecule has 1 N–H and O–H groups in total. The summed E-state index contributed by atoms with van der Waals surface area (Å²) in [5.74, 6) is -0.846. The minimum atomic E-state index is -4.28. The second-order valence-electron chi connectivity index (χ2n) is 16.5. The van der Waals surface area contributed by atoms with E-state index in [1.54, 1.807) is 6.07 Å². The Morgan fingerprint density at radius 1 is 0.827 bits per heavy atom. The monoisotopic (exact) mass is 759 g/mol. The molecule has 3 aliphatic rings. The van der Waals surface area contributed by atoms with Crippen LogP contribution >= 0.6 is 0 Å². The highest BCUT2D eigenvalue weighted by Crippen LogP contribution is 2.39. The van der Waals surface area contributed by atoms with Crippen LogP contribution in [-0.2, 0) is 19.7 Å². The molecule has 3 fully saturated rings. The summed E-state index contributed by atoms with van der Waals surface area (Å²) in [6, 6.07) is 8.51. The number of anilines is 1. The summed E-state index contributed by atoms with van der Waals surface area (Å²) in [5, 5.41) is 10.1. The van der Waals surface area contributed by atoms with Crippen molar-refractivity contribution in [3.05, 3.63) is 48.4 Å². The quantitative estimate of drug-likeness (QED) is 0.305. The van der Waals surface area contributed by atoms with Crippen LogP contribution in [0.1, 0.15) is 66.7 Å². The lowest BCUT2D eigenvalue weighted by molar-refractivity contribution is 0.0495. The molecular weight excluding hydrogens is 702 g/mol. The molecular formula is C39H58FN5O5S2. The number of pyridine rings is 1. The van der Waals surface area contributed by atoms with Crippen molar-refractivity contribution in [2.24, 2.45) is 11.3 Å². The average molecular weight is 760 g/mol. The van der Waals surface area contributed by atoms with E-state index in [0.29, 0.717) is 47.2 Å². The molecule has 0 spiro atoms. The first-order valence-corrected chi connectivity index (χ1v) is 22.0. The van der Waals surface area contributed by atoms with Crippen LogP contribution in [0, 0.1) is 17.2 Å². The smallest absolute Gasteiger partial charge is 0.210 e. The topological polar surface area (TPSA) is 114 Å². The number of aromatic nitrogens is 1. The molecule has 0 aliphatic carbocycles. The summed E-state index contributed by atoms with van der Waals surface area (Å²) in [7, 11) is -5.67. The van der Waals surface area contributed by atoms with Gasteiger partial charge in [-0.15, -0.1) is 0 Å². The van der Waals surface area contributed by atoms with E-state index in [0.717, 1.165) is 95.3 Å². The highest BCUT2D eigenvalue weighted by atomic mass is 32.2. The Bertz CT molecular complexity index is 1910. The minimum Gasteiger partial charge on any atom is -0.505 e. The van der Waals surface area contributed by atoms with Crippen molar-refractivity contribution < 1.29 is 26.3 Å². The van der Waals surface area contributed by atoms with E-state index >= 15 is 0 Å². The van der Waals surface area contributed by atoms with Crippen molar-refractivity contribution in [2.75, 3.05) is 70.6 Å². The highest BCUT2D eigenvalue weighted by Gasteiger charge is 2.34. The lowest BCUT2D eigenvalue weighted by Gasteiger charge is -2.46. The van der Waals surface area contributed by atoms with Gasteiger partial charge >= 0.3 is 0 Å². The molecule has 6 rings (SSSR count). The van der Waals surface area contributed by atoms with Crippen LogP contribution in [0.3, 0.4) is 0 Å². The van der Waals surface area contributed by atoms with E-state index in [1.165, 1.54) is 24.8 Å². The number of likely N-dealkylation sites (tertiary alicyclic amines) is 1. The van der Waals surface area contributed by atoms with E-state index in [9.17, 15) is 26.3 Å². The fourth-order valence-corrected chi connectivity index (χ4v) is 10.2. The van der Waals surface area contributed by atoms with Crippen LogP contribution in [0.25, 0.3) is 10.9 Å². The van der Waals surface area contributed by atoms with Gasteiger partial charge < -0.3 is 19.8 Å². The van der Waals surface area contributed by atoms with Gasteiger partial charge in [-0.1, -0.05) is 34.6 Å². The van der Waals surface area contributed by atoms with Crippen molar-refractivity contribution in [3.8, 4) is 5.75 Å². The normalized spacial score (nSPS) is 19.6. The Labute approximate surface area is 310 Å². The van der Waals surface area contributed by atoms with Crippen LogP contribution in [0.4, 0.5) is 10.1 Å². The molecule has 3 aromatic rings. The number of rotatable bonds is 7. The number of benzene rings is 2. The molecule has 4 heterocycles. The zero-order valence-electron chi connectivity index (χ0n) is 32.0. The number of halogens is 1. The molecule has 0 amide bonds. The Morgan fingerprint density at radius 2 is 1.38 bits per heavy atom. The van der Waals surface area contributed by atoms with Gasteiger partial charge in [0.05, 0.1) is 21.0 Å². The van der Waals surface area contributed by atoms with E-state index in [4.69, 9.17) is 0 Å². The third-order valence-electron chi connectivity index (χ3n) is 10.6. The largest absolute Gasteiger partial charge is 0.505 e. The molecule has 10 nitrogen and oxygen atoms in total. The maximum absolute atomic E-state index is 14.3. The molecule has 52 heavy (non-hydrogen) atoms. The van der Waals surface area contributed by atoms with Gasteiger partial charge in [0.15, 0.2) is 21.4 Å². The van der Waals surface area contributed by atoms with Crippen LogP contribution in [-0.4, -0.2) is 119 Å². The first-order chi connectivity index (χ1) is 24.3. The van der Waals surface area contributed by atoms with Crippen molar-refractivity contribution >= 4 is 36.3 Å². The first-order valence-electron chi connectivity index (χ1n) is 18.6. The third kappa shape index (κ3) is 9.82. The van der Waals surface area contributed by atoms with Crippen LogP contribution in [0.5, 0.6) is 5.75 Å². The van der Waals surface area contributed by atoms with Crippen molar-refractivity contribution in [2.45, 2.75) is 93.5 Å². The van der Waals surface area contributed by atoms with E-state index < -0.39 is 31.2 Å². The number of piperazine rings is 1. The van der Waals surface area contributed by atoms with E-state index in [2.05, 4.69) is 61.4 Å². The van der Waals surface area contributed by atoms with Crippen LogP contribution in [0.2, 0.25) is 0 Å². The van der Waals surface area contributed by atoms with Gasteiger partial charge in [0.25, 0.3) is 0 Å². The maximum atomic E-state index is 14.3. The van der Waals surface area contributed by atoms with Crippen molar-refractivity contribution in [1.82, 2.24) is 19.7 Å². The Balaban J connectivity index is 0.000000587. The Hall–Kier alpha value is -2.84. The van der Waals surface area contributed by atoms with Gasteiger partial charge in [-0.25, -0.2) is 21.2 Å². The van der Waals surface area contributed by atoms with Crippen LogP contribution in [0.15, 0.2) is 57.3 Å². The summed E-state index contributed by atoms with van der Waals surface area (Å²) in [6.07, 6.45) is 7.68. The lowest BCUT2D eigenvalue weighted by atomic mass is 9.86. The number of piperidine rings is 2. The Morgan fingerprint density at radius 3 is 1.90 bits per heavy atom. The van der Waals surface area contributed by atoms with Gasteiger partial charge in [0, 0.05) is 69.2 Å². The molecule has 2 aromatic carbocycles. The number of likely N-dealkylation sites (N-methyl/N-ethyl adjacent to an activating group) is 1. The van der Waals surface area contributed by atoms with Gasteiger partial charge in [-0.2, -0.15) is 0 Å². The predicted molar refractivity (Wildman–Crippen MR) is 206 cm³/mol.